The third kappa shape index (κ3) is 3.14. The maximum Gasteiger partial charge on any atom is 0.279 e. The van der Waals surface area contributed by atoms with Gasteiger partial charge in [0.15, 0.2) is 4.80 Å². The van der Waals surface area contributed by atoms with Crippen molar-refractivity contribution in [2.24, 2.45) is 4.99 Å². The number of benzene rings is 2. The number of terminal acetylenes is 1. The van der Waals surface area contributed by atoms with Crippen molar-refractivity contribution in [1.82, 2.24) is 4.57 Å². The van der Waals surface area contributed by atoms with Gasteiger partial charge in [-0.1, -0.05) is 41.0 Å². The van der Waals surface area contributed by atoms with Crippen LogP contribution in [0.5, 0.6) is 0 Å². The van der Waals surface area contributed by atoms with Gasteiger partial charge >= 0.3 is 0 Å². The summed E-state index contributed by atoms with van der Waals surface area (Å²) in [5, 5.41) is 0.510. The Morgan fingerprint density at radius 1 is 1.33 bits per heavy atom. The summed E-state index contributed by atoms with van der Waals surface area (Å²) in [6.45, 7) is 4.45. The van der Waals surface area contributed by atoms with E-state index in [-0.39, 0.29) is 5.91 Å². The Bertz CT molecular complexity index is 1050. The fraction of sp³-hybridized carbons (Fsp3) is 0.158. The summed E-state index contributed by atoms with van der Waals surface area (Å²) in [4.78, 5) is 17.4. The second kappa shape index (κ2) is 6.64. The lowest BCUT2D eigenvalue weighted by Crippen LogP contribution is -2.17. The van der Waals surface area contributed by atoms with Crippen LogP contribution >= 0.6 is 22.9 Å². The van der Waals surface area contributed by atoms with Crippen molar-refractivity contribution in [1.29, 1.82) is 0 Å². The number of rotatable bonds is 2. The standard InChI is InChI=1S/C19H15ClN2OS/c1-4-8-22-17-13(3)9-12(2)10-16(17)24-19(22)21-18(23)14-6-5-7-15(20)11-14/h1,5-7,9-11H,8H2,2-3H3. The Kier molecular flexibility index (Phi) is 4.57. The number of nitrogens with zero attached hydrogens (tertiary/aromatic N) is 2. The van der Waals surface area contributed by atoms with Gasteiger partial charge in [-0.25, -0.2) is 0 Å². The Balaban J connectivity index is 2.22. The van der Waals surface area contributed by atoms with E-state index < -0.39 is 0 Å². The molecule has 0 aliphatic heterocycles. The van der Waals surface area contributed by atoms with E-state index in [9.17, 15) is 4.79 Å². The molecule has 0 unspecified atom stereocenters. The van der Waals surface area contributed by atoms with Gasteiger partial charge in [-0.3, -0.25) is 4.79 Å². The topological polar surface area (TPSA) is 34.4 Å². The number of carbonyl (C=O) groups is 1. The lowest BCUT2D eigenvalue weighted by atomic mass is 10.1. The zero-order valence-electron chi connectivity index (χ0n) is 13.3. The molecule has 24 heavy (non-hydrogen) atoms. The molecule has 1 heterocycles. The van der Waals surface area contributed by atoms with Gasteiger partial charge in [0.2, 0.25) is 0 Å². The van der Waals surface area contributed by atoms with Crippen molar-refractivity contribution < 1.29 is 4.79 Å². The molecule has 120 valence electrons. The first-order valence-corrected chi connectivity index (χ1v) is 8.57. The molecule has 1 aromatic heterocycles. The van der Waals surface area contributed by atoms with Gasteiger partial charge in [0.05, 0.1) is 16.8 Å². The predicted molar refractivity (Wildman–Crippen MR) is 99.5 cm³/mol. The largest absolute Gasteiger partial charge is 0.304 e. The van der Waals surface area contributed by atoms with Gasteiger partial charge < -0.3 is 4.57 Å². The molecule has 3 nitrogen and oxygen atoms in total. The van der Waals surface area contributed by atoms with E-state index in [4.69, 9.17) is 18.0 Å². The van der Waals surface area contributed by atoms with Crippen molar-refractivity contribution in [2.45, 2.75) is 20.4 Å². The lowest BCUT2D eigenvalue weighted by molar-refractivity contribution is 0.0998. The van der Waals surface area contributed by atoms with Crippen LogP contribution in [0.15, 0.2) is 41.4 Å². The van der Waals surface area contributed by atoms with E-state index in [2.05, 4.69) is 23.0 Å². The molecule has 0 saturated carbocycles. The highest BCUT2D eigenvalue weighted by Gasteiger charge is 2.11. The average molecular weight is 355 g/mol. The highest BCUT2D eigenvalue weighted by molar-refractivity contribution is 7.16. The van der Waals surface area contributed by atoms with E-state index in [0.717, 1.165) is 15.8 Å². The number of fused-ring (bicyclic) bond motifs is 1. The van der Waals surface area contributed by atoms with Gasteiger partial charge in [-0.2, -0.15) is 4.99 Å². The fourth-order valence-electron chi connectivity index (χ4n) is 2.69. The number of thiazole rings is 1. The van der Waals surface area contributed by atoms with Crippen molar-refractivity contribution in [2.75, 3.05) is 0 Å². The molecule has 5 heteroatoms. The first kappa shape index (κ1) is 16.5. The number of hydrogen-bond acceptors (Lipinski definition) is 2. The predicted octanol–water partition coefficient (Wildman–Crippen LogP) is 4.35. The maximum absolute atomic E-state index is 12.5. The van der Waals surface area contributed by atoms with E-state index >= 15 is 0 Å². The minimum Gasteiger partial charge on any atom is -0.304 e. The van der Waals surface area contributed by atoms with Crippen LogP contribution < -0.4 is 4.80 Å². The van der Waals surface area contributed by atoms with Crippen LogP contribution in [-0.4, -0.2) is 10.5 Å². The van der Waals surface area contributed by atoms with Crippen LogP contribution in [0.1, 0.15) is 21.5 Å². The number of carbonyl (C=O) groups excluding carboxylic acids is 1. The molecule has 0 fully saturated rings. The first-order valence-electron chi connectivity index (χ1n) is 7.38. The SMILES string of the molecule is C#CCn1c(=NC(=O)c2cccc(Cl)c2)sc2cc(C)cc(C)c21. The molecule has 0 spiro atoms. The maximum atomic E-state index is 12.5. The summed E-state index contributed by atoms with van der Waals surface area (Å²) in [6.07, 6.45) is 5.51. The summed E-state index contributed by atoms with van der Waals surface area (Å²) in [5.41, 5.74) is 3.77. The molecule has 3 aromatic rings. The summed E-state index contributed by atoms with van der Waals surface area (Å²) >= 11 is 7.42. The van der Waals surface area contributed by atoms with Gasteiger partial charge in [0.25, 0.3) is 5.91 Å². The van der Waals surface area contributed by atoms with Crippen LogP contribution in [0.2, 0.25) is 5.02 Å². The van der Waals surface area contributed by atoms with Crippen LogP contribution in [0.4, 0.5) is 0 Å². The zero-order chi connectivity index (χ0) is 17.3. The molecule has 0 aliphatic carbocycles. The van der Waals surface area contributed by atoms with Gasteiger partial charge in [0, 0.05) is 10.6 Å². The molecule has 0 atom stereocenters. The second-order valence-corrected chi connectivity index (χ2v) is 6.98. The molecule has 2 aromatic carbocycles. The van der Waals surface area contributed by atoms with Crippen LogP contribution in [-0.2, 0) is 6.54 Å². The van der Waals surface area contributed by atoms with E-state index in [1.165, 1.54) is 16.9 Å². The highest BCUT2D eigenvalue weighted by Crippen LogP contribution is 2.23. The van der Waals surface area contributed by atoms with Crippen molar-refractivity contribution in [3.05, 3.63) is 62.9 Å². The number of aromatic nitrogens is 1. The molecular formula is C19H15ClN2OS. The molecule has 0 radical (unpaired) electrons. The Hall–Kier alpha value is -2.35. The number of amides is 1. The number of halogens is 1. The third-order valence-corrected chi connectivity index (χ3v) is 4.89. The molecule has 1 amide bonds. The highest BCUT2D eigenvalue weighted by atomic mass is 35.5. The minimum absolute atomic E-state index is 0.329. The van der Waals surface area contributed by atoms with Crippen molar-refractivity contribution >= 4 is 39.1 Å². The van der Waals surface area contributed by atoms with Crippen molar-refractivity contribution in [3.8, 4) is 12.3 Å². The Labute approximate surface area is 149 Å². The quantitative estimate of drug-likeness (QED) is 0.630. The Morgan fingerprint density at radius 2 is 2.12 bits per heavy atom. The number of aryl methyl sites for hydroxylation is 2. The van der Waals surface area contributed by atoms with Gasteiger partial charge in [0.1, 0.15) is 0 Å². The van der Waals surface area contributed by atoms with E-state index in [0.29, 0.717) is 21.9 Å². The summed E-state index contributed by atoms with van der Waals surface area (Å²) in [5.74, 6) is 2.31. The van der Waals surface area contributed by atoms with Crippen LogP contribution in [0, 0.1) is 26.2 Å². The van der Waals surface area contributed by atoms with Crippen LogP contribution in [0.25, 0.3) is 10.2 Å². The number of hydrogen-bond donors (Lipinski definition) is 0. The van der Waals surface area contributed by atoms with Crippen LogP contribution in [0.3, 0.4) is 0 Å². The van der Waals surface area contributed by atoms with Crippen molar-refractivity contribution in [3.63, 3.8) is 0 Å². The molecular weight excluding hydrogens is 340 g/mol. The summed E-state index contributed by atoms with van der Waals surface area (Å²) in [7, 11) is 0. The van der Waals surface area contributed by atoms with Gasteiger partial charge in [-0.15, -0.1) is 6.42 Å². The second-order valence-electron chi connectivity index (χ2n) is 5.53. The molecule has 3 rings (SSSR count). The average Bonchev–Trinajstić information content (AvgIpc) is 2.85. The monoisotopic (exact) mass is 354 g/mol. The fourth-order valence-corrected chi connectivity index (χ4v) is 4.08. The first-order chi connectivity index (χ1) is 11.5. The van der Waals surface area contributed by atoms with E-state index in [1.54, 1.807) is 24.3 Å². The molecule has 0 bridgehead atoms. The summed E-state index contributed by atoms with van der Waals surface area (Å²) in [6, 6.07) is 11.0. The lowest BCUT2D eigenvalue weighted by Gasteiger charge is -2.04. The zero-order valence-corrected chi connectivity index (χ0v) is 14.9. The normalized spacial score (nSPS) is 11.7. The minimum atomic E-state index is -0.329. The third-order valence-electron chi connectivity index (χ3n) is 3.63. The molecule has 0 N–H and O–H groups in total. The molecule has 0 saturated heterocycles. The smallest absolute Gasteiger partial charge is 0.279 e. The van der Waals surface area contributed by atoms with Gasteiger partial charge in [-0.05, 0) is 49.2 Å². The summed E-state index contributed by atoms with van der Waals surface area (Å²) < 4.78 is 2.98. The molecule has 0 aliphatic rings. The van der Waals surface area contributed by atoms with E-state index in [1.807, 2.05) is 18.4 Å². The Morgan fingerprint density at radius 3 is 2.83 bits per heavy atom.